The molecule has 0 spiro atoms. The Labute approximate surface area is 115 Å². The number of aliphatic hydroxyl groups excluding tert-OH is 1. The van der Waals surface area contributed by atoms with E-state index in [0.29, 0.717) is 17.5 Å². The zero-order chi connectivity index (χ0) is 14.8. The van der Waals surface area contributed by atoms with E-state index in [2.05, 4.69) is 4.72 Å². The summed E-state index contributed by atoms with van der Waals surface area (Å²) in [4.78, 5) is 0.240. The lowest BCUT2D eigenvalue weighted by Gasteiger charge is -2.25. The Hall–Kier alpha value is -0.910. The molecule has 2 N–H and O–H groups in total. The van der Waals surface area contributed by atoms with Crippen LogP contribution in [0.15, 0.2) is 17.0 Å². The van der Waals surface area contributed by atoms with E-state index < -0.39 is 15.6 Å². The Morgan fingerprint density at radius 2 is 1.79 bits per heavy atom. The number of hydrogen-bond donors (Lipinski definition) is 2. The van der Waals surface area contributed by atoms with Crippen LogP contribution in [-0.2, 0) is 16.6 Å². The maximum Gasteiger partial charge on any atom is 0.241 e. The lowest BCUT2D eigenvalue weighted by atomic mass is 10.0. The molecule has 1 aromatic carbocycles. The summed E-state index contributed by atoms with van der Waals surface area (Å²) in [7, 11) is -3.57. The molecule has 0 amide bonds. The highest BCUT2D eigenvalue weighted by molar-refractivity contribution is 7.89. The van der Waals surface area contributed by atoms with Crippen LogP contribution < -0.4 is 4.72 Å². The van der Waals surface area contributed by atoms with Crippen molar-refractivity contribution in [1.29, 1.82) is 0 Å². The monoisotopic (exact) mass is 285 g/mol. The van der Waals surface area contributed by atoms with E-state index in [1.54, 1.807) is 19.1 Å². The average Bonchev–Trinajstić information content (AvgIpc) is 2.27. The van der Waals surface area contributed by atoms with Crippen molar-refractivity contribution in [2.24, 2.45) is 0 Å². The molecule has 4 nitrogen and oxygen atoms in total. The van der Waals surface area contributed by atoms with Crippen LogP contribution in [0, 0.1) is 13.8 Å². The normalized spacial score (nSPS) is 12.7. The van der Waals surface area contributed by atoms with E-state index in [0.717, 1.165) is 5.56 Å². The second-order valence-electron chi connectivity index (χ2n) is 5.55. The van der Waals surface area contributed by atoms with Crippen LogP contribution in [0.3, 0.4) is 0 Å². The first-order valence-electron chi connectivity index (χ1n) is 6.38. The van der Waals surface area contributed by atoms with Crippen molar-refractivity contribution >= 4 is 10.0 Å². The van der Waals surface area contributed by atoms with Crippen molar-refractivity contribution in [3.05, 3.63) is 28.8 Å². The van der Waals surface area contributed by atoms with Gasteiger partial charge in [-0.1, -0.05) is 13.0 Å². The third-order valence-electron chi connectivity index (χ3n) is 3.39. The number of rotatable bonds is 5. The third-order valence-corrected chi connectivity index (χ3v) is 5.23. The molecule has 1 aromatic rings. The van der Waals surface area contributed by atoms with Crippen LogP contribution in [0.25, 0.3) is 0 Å². The van der Waals surface area contributed by atoms with Crippen molar-refractivity contribution < 1.29 is 13.5 Å². The van der Waals surface area contributed by atoms with Crippen LogP contribution in [0.2, 0.25) is 0 Å². The first-order chi connectivity index (χ1) is 8.63. The van der Waals surface area contributed by atoms with Gasteiger partial charge in [-0.3, -0.25) is 0 Å². The van der Waals surface area contributed by atoms with E-state index in [-0.39, 0.29) is 11.5 Å². The topological polar surface area (TPSA) is 66.4 Å². The second kappa shape index (κ2) is 5.61. The summed E-state index contributed by atoms with van der Waals surface area (Å²) in [5.74, 6) is 0. The van der Waals surface area contributed by atoms with Gasteiger partial charge in [0.15, 0.2) is 0 Å². The van der Waals surface area contributed by atoms with E-state index in [9.17, 15) is 13.5 Å². The molecule has 0 aliphatic rings. The quantitative estimate of drug-likeness (QED) is 0.872. The van der Waals surface area contributed by atoms with Crippen LogP contribution in [0.5, 0.6) is 0 Å². The highest BCUT2D eigenvalue weighted by Gasteiger charge is 2.26. The lowest BCUT2D eigenvalue weighted by Crippen LogP contribution is -2.42. The molecular formula is C14H23NO3S. The fraction of sp³-hybridized carbons (Fsp3) is 0.571. The molecule has 0 unspecified atom stereocenters. The molecule has 0 atom stereocenters. The van der Waals surface area contributed by atoms with Gasteiger partial charge < -0.3 is 5.11 Å². The molecule has 5 heteroatoms. The third kappa shape index (κ3) is 3.78. The summed E-state index contributed by atoms with van der Waals surface area (Å²) < 4.78 is 27.5. The summed E-state index contributed by atoms with van der Waals surface area (Å²) in [5.41, 5.74) is 1.73. The maximum atomic E-state index is 12.4. The van der Waals surface area contributed by atoms with E-state index in [4.69, 9.17) is 0 Å². The fourth-order valence-electron chi connectivity index (χ4n) is 1.83. The van der Waals surface area contributed by atoms with Crippen molar-refractivity contribution in [3.8, 4) is 0 Å². The molecule has 0 aromatic heterocycles. The standard InChI is InChI=1S/C14H23NO3S/c1-6-14(4,5)15-19(17,18)13-8-12(9-16)10(2)7-11(13)3/h7-8,15-16H,6,9H2,1-5H3. The van der Waals surface area contributed by atoms with Crippen LogP contribution in [0.4, 0.5) is 0 Å². The summed E-state index contributed by atoms with van der Waals surface area (Å²) in [6.45, 7) is 9.09. The first-order valence-corrected chi connectivity index (χ1v) is 7.86. The smallest absolute Gasteiger partial charge is 0.241 e. The Bertz CT molecular complexity index is 562. The largest absolute Gasteiger partial charge is 0.392 e. The fourth-order valence-corrected chi connectivity index (χ4v) is 3.59. The van der Waals surface area contributed by atoms with Gasteiger partial charge in [0.25, 0.3) is 0 Å². The molecule has 0 bridgehead atoms. The summed E-state index contributed by atoms with van der Waals surface area (Å²) in [5, 5.41) is 9.26. The molecule has 0 saturated heterocycles. The van der Waals surface area contributed by atoms with Gasteiger partial charge in [-0.2, -0.15) is 0 Å². The Kier molecular flexibility index (Phi) is 4.76. The lowest BCUT2D eigenvalue weighted by molar-refractivity contribution is 0.280. The molecule has 0 saturated carbocycles. The minimum absolute atomic E-state index is 0.161. The van der Waals surface area contributed by atoms with E-state index in [1.807, 2.05) is 27.7 Å². The Morgan fingerprint density at radius 3 is 2.26 bits per heavy atom. The molecule has 0 radical (unpaired) electrons. The summed E-state index contributed by atoms with van der Waals surface area (Å²) >= 11 is 0. The predicted octanol–water partition coefficient (Wildman–Crippen LogP) is 2.26. The van der Waals surface area contributed by atoms with E-state index in [1.165, 1.54) is 0 Å². The van der Waals surface area contributed by atoms with Gasteiger partial charge in [0.2, 0.25) is 10.0 Å². The Morgan fingerprint density at radius 1 is 1.21 bits per heavy atom. The van der Waals surface area contributed by atoms with Gasteiger partial charge in [-0.15, -0.1) is 0 Å². The van der Waals surface area contributed by atoms with Gasteiger partial charge >= 0.3 is 0 Å². The van der Waals surface area contributed by atoms with Gasteiger partial charge in [-0.05, 0) is 56.9 Å². The van der Waals surface area contributed by atoms with Crippen molar-refractivity contribution in [2.45, 2.75) is 58.1 Å². The van der Waals surface area contributed by atoms with Gasteiger partial charge in [0.1, 0.15) is 0 Å². The van der Waals surface area contributed by atoms with Crippen molar-refractivity contribution in [1.82, 2.24) is 4.72 Å². The summed E-state index contributed by atoms with van der Waals surface area (Å²) in [6.07, 6.45) is 0.698. The Balaban J connectivity index is 3.29. The maximum absolute atomic E-state index is 12.4. The van der Waals surface area contributed by atoms with Crippen molar-refractivity contribution in [2.75, 3.05) is 0 Å². The van der Waals surface area contributed by atoms with Crippen LogP contribution in [0.1, 0.15) is 43.9 Å². The van der Waals surface area contributed by atoms with Gasteiger partial charge in [0.05, 0.1) is 11.5 Å². The molecule has 19 heavy (non-hydrogen) atoms. The number of sulfonamides is 1. The number of aliphatic hydroxyl groups is 1. The first kappa shape index (κ1) is 16.1. The molecule has 108 valence electrons. The average molecular weight is 285 g/mol. The zero-order valence-corrected chi connectivity index (χ0v) is 13.1. The zero-order valence-electron chi connectivity index (χ0n) is 12.2. The molecule has 0 aliphatic heterocycles. The molecule has 0 aliphatic carbocycles. The minimum atomic E-state index is -3.57. The van der Waals surface area contributed by atoms with Crippen molar-refractivity contribution in [3.63, 3.8) is 0 Å². The van der Waals surface area contributed by atoms with Gasteiger partial charge in [-0.25, -0.2) is 13.1 Å². The number of nitrogens with one attached hydrogen (secondary N) is 1. The highest BCUT2D eigenvalue weighted by Crippen LogP contribution is 2.22. The minimum Gasteiger partial charge on any atom is -0.392 e. The SMILES string of the molecule is CCC(C)(C)NS(=O)(=O)c1cc(CO)c(C)cc1C. The molecule has 0 fully saturated rings. The molecular weight excluding hydrogens is 262 g/mol. The van der Waals surface area contributed by atoms with Crippen LogP contribution >= 0.6 is 0 Å². The molecule has 1 rings (SSSR count). The number of benzene rings is 1. The van der Waals surface area contributed by atoms with Crippen LogP contribution in [-0.4, -0.2) is 19.1 Å². The predicted molar refractivity (Wildman–Crippen MR) is 76.5 cm³/mol. The number of aryl methyl sites for hydroxylation is 2. The number of hydrogen-bond acceptors (Lipinski definition) is 3. The summed E-state index contributed by atoms with van der Waals surface area (Å²) in [6, 6.07) is 3.35. The second-order valence-corrected chi connectivity index (χ2v) is 7.20. The van der Waals surface area contributed by atoms with Gasteiger partial charge in [0, 0.05) is 5.54 Å². The van der Waals surface area contributed by atoms with E-state index >= 15 is 0 Å². The highest BCUT2D eigenvalue weighted by atomic mass is 32.2. The molecule has 0 heterocycles.